The Bertz CT molecular complexity index is 663. The predicted molar refractivity (Wildman–Crippen MR) is 93.3 cm³/mol. The van der Waals surface area contributed by atoms with Crippen LogP contribution in [-0.4, -0.2) is 24.2 Å². The monoisotopic (exact) mass is 333 g/mol. The Labute approximate surface area is 141 Å². The molecule has 0 aliphatic rings. The molecule has 0 radical (unpaired) electrons. The summed E-state index contributed by atoms with van der Waals surface area (Å²) in [5.41, 5.74) is 1.89. The first-order valence-electron chi connectivity index (χ1n) is 7.68. The summed E-state index contributed by atoms with van der Waals surface area (Å²) in [7, 11) is 1.60. The molecule has 0 spiro atoms. The van der Waals surface area contributed by atoms with E-state index in [-0.39, 0.29) is 11.9 Å². The van der Waals surface area contributed by atoms with E-state index in [2.05, 4.69) is 12.2 Å². The standard InChI is InChI=1S/C18H23NO3S/c1-5-15-11(2)10-16(23-15)18(21)19-12(3)17(20)13-6-8-14(22-4)9-7-13/h6-10,12,17,20H,5H2,1-4H3,(H,19,21). The molecule has 2 N–H and O–H groups in total. The van der Waals surface area contributed by atoms with Crippen LogP contribution in [-0.2, 0) is 6.42 Å². The third kappa shape index (κ3) is 4.12. The van der Waals surface area contributed by atoms with Gasteiger partial charge in [-0.2, -0.15) is 0 Å². The topological polar surface area (TPSA) is 58.6 Å². The maximum Gasteiger partial charge on any atom is 0.261 e. The molecule has 0 bridgehead atoms. The summed E-state index contributed by atoms with van der Waals surface area (Å²) in [6.07, 6.45) is 0.157. The highest BCUT2D eigenvalue weighted by atomic mass is 32.1. The molecule has 2 atom stereocenters. The van der Waals surface area contributed by atoms with Gasteiger partial charge in [0.25, 0.3) is 5.91 Å². The first-order chi connectivity index (χ1) is 11.0. The smallest absolute Gasteiger partial charge is 0.261 e. The van der Waals surface area contributed by atoms with Crippen LogP contribution in [0.15, 0.2) is 30.3 Å². The van der Waals surface area contributed by atoms with Crippen LogP contribution in [0.2, 0.25) is 0 Å². The van der Waals surface area contributed by atoms with Crippen molar-refractivity contribution in [1.29, 1.82) is 0 Å². The maximum absolute atomic E-state index is 12.3. The molecule has 2 unspecified atom stereocenters. The van der Waals surface area contributed by atoms with Crippen molar-refractivity contribution in [2.45, 2.75) is 39.3 Å². The minimum Gasteiger partial charge on any atom is -0.497 e. The number of ether oxygens (including phenoxy) is 1. The summed E-state index contributed by atoms with van der Waals surface area (Å²) in [4.78, 5) is 14.2. The lowest BCUT2D eigenvalue weighted by atomic mass is 10.0. The summed E-state index contributed by atoms with van der Waals surface area (Å²) < 4.78 is 5.11. The molecule has 5 heteroatoms. The molecule has 23 heavy (non-hydrogen) atoms. The van der Waals surface area contributed by atoms with E-state index in [9.17, 15) is 9.90 Å². The highest BCUT2D eigenvalue weighted by Gasteiger charge is 2.20. The number of aliphatic hydroxyl groups excluding tert-OH is 1. The van der Waals surface area contributed by atoms with Gasteiger partial charge in [0.05, 0.1) is 24.1 Å². The molecule has 1 heterocycles. The van der Waals surface area contributed by atoms with Gasteiger partial charge in [-0.05, 0) is 49.6 Å². The van der Waals surface area contributed by atoms with Gasteiger partial charge in [0, 0.05) is 4.88 Å². The summed E-state index contributed by atoms with van der Waals surface area (Å²) >= 11 is 1.51. The van der Waals surface area contributed by atoms with Gasteiger partial charge in [0.1, 0.15) is 5.75 Å². The Balaban J connectivity index is 2.04. The zero-order chi connectivity index (χ0) is 17.0. The van der Waals surface area contributed by atoms with Gasteiger partial charge in [-0.1, -0.05) is 19.1 Å². The Hall–Kier alpha value is -1.85. The molecule has 0 saturated heterocycles. The molecule has 0 fully saturated rings. The highest BCUT2D eigenvalue weighted by Crippen LogP contribution is 2.24. The lowest BCUT2D eigenvalue weighted by Crippen LogP contribution is -2.36. The number of aliphatic hydroxyl groups is 1. The number of hydrogen-bond donors (Lipinski definition) is 2. The number of thiophene rings is 1. The van der Waals surface area contributed by atoms with Gasteiger partial charge < -0.3 is 15.2 Å². The number of carbonyl (C=O) groups excluding carboxylic acids is 1. The zero-order valence-electron chi connectivity index (χ0n) is 13.9. The summed E-state index contributed by atoms with van der Waals surface area (Å²) in [6, 6.07) is 8.72. The second-order valence-electron chi connectivity index (χ2n) is 5.55. The Morgan fingerprint density at radius 3 is 2.52 bits per heavy atom. The molecule has 2 rings (SSSR count). The highest BCUT2D eigenvalue weighted by molar-refractivity contribution is 7.14. The van der Waals surface area contributed by atoms with Crippen LogP contribution in [0.1, 0.15) is 45.6 Å². The van der Waals surface area contributed by atoms with Crippen LogP contribution in [0.5, 0.6) is 5.75 Å². The van der Waals surface area contributed by atoms with Gasteiger partial charge in [-0.25, -0.2) is 0 Å². The molecule has 0 aliphatic heterocycles. The van der Waals surface area contributed by atoms with Crippen molar-refractivity contribution in [3.8, 4) is 5.75 Å². The summed E-state index contributed by atoms with van der Waals surface area (Å²) in [5, 5.41) is 13.3. The van der Waals surface area contributed by atoms with Crippen LogP contribution in [0.3, 0.4) is 0 Å². The van der Waals surface area contributed by atoms with E-state index in [1.54, 1.807) is 38.3 Å². The quantitative estimate of drug-likeness (QED) is 0.851. The van der Waals surface area contributed by atoms with E-state index in [4.69, 9.17) is 4.74 Å². The normalized spacial score (nSPS) is 13.4. The molecule has 1 aromatic heterocycles. The molecule has 1 aromatic carbocycles. The fourth-order valence-corrected chi connectivity index (χ4v) is 3.45. The van der Waals surface area contributed by atoms with Crippen LogP contribution < -0.4 is 10.1 Å². The van der Waals surface area contributed by atoms with E-state index in [1.807, 2.05) is 13.0 Å². The third-order valence-electron chi connectivity index (χ3n) is 3.86. The van der Waals surface area contributed by atoms with Gasteiger partial charge >= 0.3 is 0 Å². The Morgan fingerprint density at radius 1 is 1.35 bits per heavy atom. The average Bonchev–Trinajstić information content (AvgIpc) is 2.95. The van der Waals surface area contributed by atoms with Crippen LogP contribution >= 0.6 is 11.3 Å². The van der Waals surface area contributed by atoms with Crippen molar-refractivity contribution in [1.82, 2.24) is 5.32 Å². The lowest BCUT2D eigenvalue weighted by molar-refractivity contribution is 0.0856. The summed E-state index contributed by atoms with van der Waals surface area (Å²) in [5.74, 6) is 0.594. The van der Waals surface area contributed by atoms with Crippen molar-refractivity contribution in [2.75, 3.05) is 7.11 Å². The van der Waals surface area contributed by atoms with E-state index < -0.39 is 6.10 Å². The van der Waals surface area contributed by atoms with E-state index in [0.717, 1.165) is 23.3 Å². The molecule has 0 aliphatic carbocycles. The number of carbonyl (C=O) groups is 1. The van der Waals surface area contributed by atoms with Crippen molar-refractivity contribution in [3.05, 3.63) is 51.2 Å². The lowest BCUT2D eigenvalue weighted by Gasteiger charge is -2.20. The number of rotatable bonds is 6. The molecular formula is C18H23NO3S. The third-order valence-corrected chi connectivity index (χ3v) is 5.24. The number of amides is 1. The fourth-order valence-electron chi connectivity index (χ4n) is 2.43. The van der Waals surface area contributed by atoms with E-state index in [1.165, 1.54) is 16.2 Å². The number of aryl methyl sites for hydroxylation is 2. The number of nitrogens with one attached hydrogen (secondary N) is 1. The van der Waals surface area contributed by atoms with Gasteiger partial charge in [0.15, 0.2) is 0 Å². The second-order valence-corrected chi connectivity index (χ2v) is 6.69. The van der Waals surface area contributed by atoms with Crippen molar-refractivity contribution < 1.29 is 14.6 Å². The van der Waals surface area contributed by atoms with Crippen molar-refractivity contribution in [3.63, 3.8) is 0 Å². The largest absolute Gasteiger partial charge is 0.497 e. The van der Waals surface area contributed by atoms with Gasteiger partial charge in [0.2, 0.25) is 0 Å². The van der Waals surface area contributed by atoms with Gasteiger partial charge in [-0.15, -0.1) is 11.3 Å². The molecular weight excluding hydrogens is 310 g/mol. The zero-order valence-corrected chi connectivity index (χ0v) is 14.7. The first-order valence-corrected chi connectivity index (χ1v) is 8.50. The van der Waals surface area contributed by atoms with E-state index in [0.29, 0.717) is 4.88 Å². The minimum absolute atomic E-state index is 0.141. The number of hydrogen-bond acceptors (Lipinski definition) is 4. The number of benzene rings is 1. The molecule has 1 amide bonds. The van der Waals surface area contributed by atoms with Crippen LogP contribution in [0.4, 0.5) is 0 Å². The fraction of sp³-hybridized carbons (Fsp3) is 0.389. The number of methoxy groups -OCH3 is 1. The van der Waals surface area contributed by atoms with Gasteiger partial charge in [-0.3, -0.25) is 4.79 Å². The average molecular weight is 333 g/mol. The summed E-state index contributed by atoms with van der Waals surface area (Å²) in [6.45, 7) is 5.90. The second kappa shape index (κ2) is 7.62. The Kier molecular flexibility index (Phi) is 5.80. The van der Waals surface area contributed by atoms with Crippen LogP contribution in [0.25, 0.3) is 0 Å². The van der Waals surface area contributed by atoms with Crippen molar-refractivity contribution in [2.24, 2.45) is 0 Å². The Morgan fingerprint density at radius 2 is 2.00 bits per heavy atom. The van der Waals surface area contributed by atoms with E-state index >= 15 is 0 Å². The van der Waals surface area contributed by atoms with Crippen molar-refractivity contribution >= 4 is 17.2 Å². The molecule has 124 valence electrons. The molecule has 0 saturated carbocycles. The first kappa shape index (κ1) is 17.5. The predicted octanol–water partition coefficient (Wildman–Crippen LogP) is 3.48. The van der Waals surface area contributed by atoms with Crippen LogP contribution in [0, 0.1) is 6.92 Å². The molecule has 4 nitrogen and oxygen atoms in total. The SMILES string of the molecule is CCc1sc(C(=O)NC(C)C(O)c2ccc(OC)cc2)cc1C. The minimum atomic E-state index is -0.767. The maximum atomic E-state index is 12.3. The molecule has 2 aromatic rings.